The van der Waals surface area contributed by atoms with Crippen molar-refractivity contribution in [1.29, 1.82) is 0 Å². The fourth-order valence-electron chi connectivity index (χ4n) is 2.75. The fourth-order valence-corrected chi connectivity index (χ4v) is 2.75. The Labute approximate surface area is 129 Å². The van der Waals surface area contributed by atoms with Gasteiger partial charge in [-0.3, -0.25) is 9.59 Å². The summed E-state index contributed by atoms with van der Waals surface area (Å²) in [6, 6.07) is 17.9. The van der Waals surface area contributed by atoms with Crippen molar-refractivity contribution in [2.45, 2.75) is 6.42 Å². The number of anilines is 1. The first-order valence-electron chi connectivity index (χ1n) is 7.22. The van der Waals surface area contributed by atoms with Gasteiger partial charge in [-0.15, -0.1) is 0 Å². The van der Waals surface area contributed by atoms with E-state index in [1.165, 1.54) is 7.11 Å². The van der Waals surface area contributed by atoms with Crippen LogP contribution in [-0.2, 0) is 14.3 Å². The number of benzene rings is 2. The van der Waals surface area contributed by atoms with Crippen LogP contribution in [0.4, 0.5) is 5.69 Å². The Morgan fingerprint density at radius 3 is 2.32 bits per heavy atom. The zero-order chi connectivity index (χ0) is 15.5. The molecule has 0 radical (unpaired) electrons. The lowest BCUT2D eigenvalue weighted by Crippen LogP contribution is -2.26. The normalized spacial score (nSPS) is 17.6. The van der Waals surface area contributed by atoms with Gasteiger partial charge in [0.25, 0.3) is 0 Å². The van der Waals surface area contributed by atoms with Gasteiger partial charge in [-0.2, -0.15) is 0 Å². The van der Waals surface area contributed by atoms with Crippen molar-refractivity contribution in [3.05, 3.63) is 54.6 Å². The summed E-state index contributed by atoms with van der Waals surface area (Å²) in [5.41, 5.74) is 3.05. The molecule has 1 amide bonds. The molecule has 22 heavy (non-hydrogen) atoms. The Morgan fingerprint density at radius 2 is 1.68 bits per heavy atom. The number of hydrogen-bond acceptors (Lipinski definition) is 3. The van der Waals surface area contributed by atoms with E-state index < -0.39 is 0 Å². The lowest BCUT2D eigenvalue weighted by Gasteiger charge is -2.16. The first-order chi connectivity index (χ1) is 10.7. The number of hydrogen-bond donors (Lipinski definition) is 0. The Morgan fingerprint density at radius 1 is 1.05 bits per heavy atom. The minimum atomic E-state index is -0.369. The maximum atomic E-state index is 12.1. The topological polar surface area (TPSA) is 46.6 Å². The van der Waals surface area contributed by atoms with Gasteiger partial charge in [0.05, 0.1) is 13.0 Å². The van der Waals surface area contributed by atoms with Gasteiger partial charge in [0.1, 0.15) is 0 Å². The Kier molecular flexibility index (Phi) is 3.92. The van der Waals surface area contributed by atoms with Crippen LogP contribution in [0.2, 0.25) is 0 Å². The number of carbonyl (C=O) groups excluding carboxylic acids is 2. The second-order valence-corrected chi connectivity index (χ2v) is 5.34. The third-order valence-corrected chi connectivity index (χ3v) is 3.95. The summed E-state index contributed by atoms with van der Waals surface area (Å²) in [5, 5.41) is 0. The zero-order valence-electron chi connectivity index (χ0n) is 12.4. The molecule has 0 aromatic heterocycles. The minimum absolute atomic E-state index is 0.0390. The summed E-state index contributed by atoms with van der Waals surface area (Å²) in [7, 11) is 1.35. The highest BCUT2D eigenvalue weighted by molar-refractivity contribution is 5.99. The van der Waals surface area contributed by atoms with Crippen molar-refractivity contribution in [1.82, 2.24) is 0 Å². The van der Waals surface area contributed by atoms with Gasteiger partial charge in [-0.1, -0.05) is 42.5 Å². The minimum Gasteiger partial charge on any atom is -0.469 e. The van der Waals surface area contributed by atoms with E-state index in [1.807, 2.05) is 54.6 Å². The molecule has 0 aliphatic carbocycles. The number of carbonyl (C=O) groups is 2. The van der Waals surface area contributed by atoms with Gasteiger partial charge < -0.3 is 9.64 Å². The number of rotatable bonds is 3. The summed E-state index contributed by atoms with van der Waals surface area (Å²) in [4.78, 5) is 25.3. The molecule has 1 heterocycles. The summed E-state index contributed by atoms with van der Waals surface area (Å²) in [6.45, 7) is 0.385. The highest BCUT2D eigenvalue weighted by atomic mass is 16.5. The molecule has 4 nitrogen and oxygen atoms in total. The van der Waals surface area contributed by atoms with E-state index in [4.69, 9.17) is 4.74 Å². The lowest BCUT2D eigenvalue weighted by molar-refractivity contribution is -0.145. The van der Waals surface area contributed by atoms with E-state index in [0.717, 1.165) is 16.8 Å². The van der Waals surface area contributed by atoms with Gasteiger partial charge in [0.15, 0.2) is 0 Å². The number of nitrogens with zero attached hydrogens (tertiary/aromatic N) is 1. The Hall–Kier alpha value is -2.62. The molecular weight excluding hydrogens is 278 g/mol. The lowest BCUT2D eigenvalue weighted by atomic mass is 10.1. The van der Waals surface area contributed by atoms with Crippen LogP contribution < -0.4 is 4.90 Å². The molecule has 0 saturated carbocycles. The molecule has 1 aliphatic heterocycles. The van der Waals surface area contributed by atoms with Crippen LogP contribution in [0.15, 0.2) is 54.6 Å². The molecule has 3 rings (SSSR count). The quantitative estimate of drug-likeness (QED) is 0.818. The van der Waals surface area contributed by atoms with E-state index in [0.29, 0.717) is 6.54 Å². The number of methoxy groups -OCH3 is 1. The first kappa shape index (κ1) is 14.3. The predicted octanol–water partition coefficient (Wildman–Crippen LogP) is 2.88. The molecule has 0 N–H and O–H groups in total. The summed E-state index contributed by atoms with van der Waals surface area (Å²) >= 11 is 0. The van der Waals surface area contributed by atoms with Crippen molar-refractivity contribution in [3.63, 3.8) is 0 Å². The molecular formula is C18H17NO3. The van der Waals surface area contributed by atoms with E-state index >= 15 is 0 Å². The molecule has 2 aromatic rings. The molecule has 1 saturated heterocycles. The summed E-state index contributed by atoms with van der Waals surface area (Å²) in [5.74, 6) is -0.731. The maximum absolute atomic E-state index is 12.1. The van der Waals surface area contributed by atoms with Gasteiger partial charge in [-0.05, 0) is 23.3 Å². The second-order valence-electron chi connectivity index (χ2n) is 5.34. The van der Waals surface area contributed by atoms with Crippen LogP contribution in [0.3, 0.4) is 0 Å². The molecule has 1 aliphatic rings. The Balaban J connectivity index is 1.79. The predicted molar refractivity (Wildman–Crippen MR) is 84.4 cm³/mol. The second kappa shape index (κ2) is 6.02. The average molecular weight is 295 g/mol. The summed E-state index contributed by atoms with van der Waals surface area (Å²) in [6.07, 6.45) is 0.215. The fraction of sp³-hybridized carbons (Fsp3) is 0.222. The van der Waals surface area contributed by atoms with Crippen LogP contribution in [0.1, 0.15) is 6.42 Å². The summed E-state index contributed by atoms with van der Waals surface area (Å²) < 4.78 is 4.73. The van der Waals surface area contributed by atoms with Crippen molar-refractivity contribution in [2.24, 2.45) is 5.92 Å². The van der Waals surface area contributed by atoms with Crippen molar-refractivity contribution < 1.29 is 14.3 Å². The molecule has 0 bridgehead atoms. The van der Waals surface area contributed by atoms with Crippen molar-refractivity contribution in [3.8, 4) is 11.1 Å². The van der Waals surface area contributed by atoms with Crippen LogP contribution in [-0.4, -0.2) is 25.5 Å². The van der Waals surface area contributed by atoms with Crippen LogP contribution in [0.5, 0.6) is 0 Å². The molecule has 1 unspecified atom stereocenters. The van der Waals surface area contributed by atoms with Gasteiger partial charge in [0, 0.05) is 18.7 Å². The van der Waals surface area contributed by atoms with Crippen molar-refractivity contribution in [2.75, 3.05) is 18.6 Å². The third kappa shape index (κ3) is 2.72. The van der Waals surface area contributed by atoms with Gasteiger partial charge in [-0.25, -0.2) is 0 Å². The smallest absolute Gasteiger partial charge is 0.311 e. The van der Waals surface area contributed by atoms with Crippen LogP contribution in [0, 0.1) is 5.92 Å². The Bertz CT molecular complexity index is 679. The molecule has 0 spiro atoms. The highest BCUT2D eigenvalue weighted by Crippen LogP contribution is 2.28. The SMILES string of the molecule is COC(=O)C1CC(=O)N(c2ccc(-c3ccccc3)cc2)C1. The van der Waals surface area contributed by atoms with Crippen LogP contribution in [0.25, 0.3) is 11.1 Å². The number of amides is 1. The first-order valence-corrected chi connectivity index (χ1v) is 7.22. The van der Waals surface area contributed by atoms with E-state index in [9.17, 15) is 9.59 Å². The number of esters is 1. The molecule has 4 heteroatoms. The third-order valence-electron chi connectivity index (χ3n) is 3.95. The van der Waals surface area contributed by atoms with E-state index in [2.05, 4.69) is 0 Å². The van der Waals surface area contributed by atoms with Crippen LogP contribution >= 0.6 is 0 Å². The largest absolute Gasteiger partial charge is 0.469 e. The van der Waals surface area contributed by atoms with E-state index in [-0.39, 0.29) is 24.2 Å². The van der Waals surface area contributed by atoms with Gasteiger partial charge >= 0.3 is 5.97 Å². The standard InChI is InChI=1S/C18H17NO3/c1-22-18(21)15-11-17(20)19(12-15)16-9-7-14(8-10-16)13-5-3-2-4-6-13/h2-10,15H,11-12H2,1H3. The molecule has 112 valence electrons. The average Bonchev–Trinajstić information content (AvgIpc) is 2.97. The van der Waals surface area contributed by atoms with Gasteiger partial charge in [0.2, 0.25) is 5.91 Å². The van der Waals surface area contributed by atoms with E-state index in [1.54, 1.807) is 4.90 Å². The molecule has 2 aromatic carbocycles. The highest BCUT2D eigenvalue weighted by Gasteiger charge is 2.35. The molecule has 1 fully saturated rings. The maximum Gasteiger partial charge on any atom is 0.311 e. The number of ether oxygens (including phenoxy) is 1. The monoisotopic (exact) mass is 295 g/mol. The van der Waals surface area contributed by atoms with Crippen molar-refractivity contribution >= 4 is 17.6 Å². The zero-order valence-corrected chi connectivity index (χ0v) is 12.4. The molecule has 1 atom stereocenters.